The summed E-state index contributed by atoms with van der Waals surface area (Å²) in [7, 11) is 0. The van der Waals surface area contributed by atoms with Gasteiger partial charge >= 0.3 is 0 Å². The minimum atomic E-state index is 0.624. The third-order valence-corrected chi connectivity index (χ3v) is 3.63. The number of nitrogens with zero attached hydrogens (tertiary/aromatic N) is 2. The number of hydrogen-bond donors (Lipinski definition) is 1. The van der Waals surface area contributed by atoms with E-state index in [9.17, 15) is 0 Å². The van der Waals surface area contributed by atoms with Gasteiger partial charge in [0.05, 0.1) is 5.69 Å². The predicted octanol–water partition coefficient (Wildman–Crippen LogP) is 1.96. The Morgan fingerprint density at radius 1 is 1.53 bits per heavy atom. The maximum atomic E-state index is 4.42. The van der Waals surface area contributed by atoms with Crippen LogP contribution in [0.2, 0.25) is 0 Å². The standard InChI is InChI=1S/C14H23N3/c1-11(2)17-8-6-13(10-17)16-9-14-12(3)5-4-7-15-14/h4-5,7,11,13,16H,6,8-10H2,1-3H3. The Bertz CT molecular complexity index is 362. The van der Waals surface area contributed by atoms with Crippen LogP contribution in [0.15, 0.2) is 18.3 Å². The molecule has 1 unspecified atom stereocenters. The number of aromatic nitrogens is 1. The lowest BCUT2D eigenvalue weighted by Gasteiger charge is -2.20. The molecule has 3 heteroatoms. The zero-order valence-electron chi connectivity index (χ0n) is 11.1. The quantitative estimate of drug-likeness (QED) is 0.861. The van der Waals surface area contributed by atoms with Crippen LogP contribution >= 0.6 is 0 Å². The minimum absolute atomic E-state index is 0.624. The molecule has 1 N–H and O–H groups in total. The SMILES string of the molecule is Cc1cccnc1CNC1CCN(C(C)C)C1. The highest BCUT2D eigenvalue weighted by atomic mass is 15.2. The van der Waals surface area contributed by atoms with Crippen LogP contribution in [0.3, 0.4) is 0 Å². The van der Waals surface area contributed by atoms with Crippen molar-refractivity contribution in [2.45, 2.75) is 45.8 Å². The van der Waals surface area contributed by atoms with Gasteiger partial charge in [0.15, 0.2) is 0 Å². The Hall–Kier alpha value is -0.930. The molecule has 1 aromatic heterocycles. The first-order valence-corrected chi connectivity index (χ1v) is 6.54. The zero-order chi connectivity index (χ0) is 12.3. The summed E-state index contributed by atoms with van der Waals surface area (Å²) in [5.74, 6) is 0. The van der Waals surface area contributed by atoms with Gasteiger partial charge in [0, 0.05) is 31.4 Å². The second kappa shape index (κ2) is 5.61. The average molecular weight is 233 g/mol. The van der Waals surface area contributed by atoms with Gasteiger partial charge in [0.2, 0.25) is 0 Å². The molecule has 1 aliphatic rings. The first-order valence-electron chi connectivity index (χ1n) is 6.54. The highest BCUT2D eigenvalue weighted by molar-refractivity contribution is 5.17. The molecule has 94 valence electrons. The summed E-state index contributed by atoms with van der Waals surface area (Å²) >= 11 is 0. The molecule has 17 heavy (non-hydrogen) atoms. The molecule has 1 aromatic rings. The van der Waals surface area contributed by atoms with Crippen LogP contribution in [0.4, 0.5) is 0 Å². The fourth-order valence-corrected chi connectivity index (χ4v) is 2.37. The third-order valence-electron chi connectivity index (χ3n) is 3.63. The van der Waals surface area contributed by atoms with Gasteiger partial charge < -0.3 is 5.32 Å². The van der Waals surface area contributed by atoms with Crippen molar-refractivity contribution in [1.29, 1.82) is 0 Å². The molecule has 0 saturated carbocycles. The monoisotopic (exact) mass is 233 g/mol. The predicted molar refractivity (Wildman–Crippen MR) is 70.9 cm³/mol. The molecule has 1 fully saturated rings. The smallest absolute Gasteiger partial charge is 0.0570 e. The first kappa shape index (κ1) is 12.5. The van der Waals surface area contributed by atoms with Crippen LogP contribution < -0.4 is 5.32 Å². The van der Waals surface area contributed by atoms with Crippen LogP contribution in [0.1, 0.15) is 31.5 Å². The summed E-state index contributed by atoms with van der Waals surface area (Å²) in [4.78, 5) is 6.95. The Morgan fingerprint density at radius 3 is 3.00 bits per heavy atom. The van der Waals surface area contributed by atoms with Crippen molar-refractivity contribution in [3.63, 3.8) is 0 Å². The summed E-state index contributed by atoms with van der Waals surface area (Å²) in [5, 5.41) is 3.62. The molecule has 1 saturated heterocycles. The molecule has 2 heterocycles. The van der Waals surface area contributed by atoms with E-state index in [-0.39, 0.29) is 0 Å². The van der Waals surface area contributed by atoms with Gasteiger partial charge in [-0.25, -0.2) is 0 Å². The van der Waals surface area contributed by atoms with E-state index in [2.05, 4.69) is 42.0 Å². The van der Waals surface area contributed by atoms with Gasteiger partial charge in [0.1, 0.15) is 0 Å². The zero-order valence-corrected chi connectivity index (χ0v) is 11.1. The van der Waals surface area contributed by atoms with Crippen molar-refractivity contribution in [3.8, 4) is 0 Å². The van der Waals surface area contributed by atoms with E-state index in [1.807, 2.05) is 12.3 Å². The maximum Gasteiger partial charge on any atom is 0.0570 e. The molecule has 0 radical (unpaired) electrons. The van der Waals surface area contributed by atoms with Gasteiger partial charge in [0.25, 0.3) is 0 Å². The van der Waals surface area contributed by atoms with Crippen LogP contribution in [0, 0.1) is 6.92 Å². The van der Waals surface area contributed by atoms with E-state index in [1.165, 1.54) is 30.8 Å². The second-order valence-corrected chi connectivity index (χ2v) is 5.22. The average Bonchev–Trinajstić information content (AvgIpc) is 2.77. The number of nitrogens with one attached hydrogen (secondary N) is 1. The van der Waals surface area contributed by atoms with E-state index in [0.29, 0.717) is 12.1 Å². The van der Waals surface area contributed by atoms with Gasteiger partial charge in [-0.2, -0.15) is 0 Å². The fraction of sp³-hybridized carbons (Fsp3) is 0.643. The first-order chi connectivity index (χ1) is 8.16. The molecule has 0 aliphatic carbocycles. The van der Waals surface area contributed by atoms with E-state index < -0.39 is 0 Å². The highest BCUT2D eigenvalue weighted by Crippen LogP contribution is 2.13. The van der Waals surface area contributed by atoms with Gasteiger partial charge in [-0.1, -0.05) is 6.07 Å². The normalized spacial score (nSPS) is 21.3. The van der Waals surface area contributed by atoms with Crippen molar-refractivity contribution >= 4 is 0 Å². The van der Waals surface area contributed by atoms with Crippen molar-refractivity contribution in [3.05, 3.63) is 29.6 Å². The number of rotatable bonds is 4. The summed E-state index contributed by atoms with van der Waals surface area (Å²) in [6.07, 6.45) is 3.13. The number of hydrogen-bond acceptors (Lipinski definition) is 3. The Labute approximate surface area is 104 Å². The minimum Gasteiger partial charge on any atom is -0.307 e. The summed E-state index contributed by atoms with van der Waals surface area (Å²) in [6.45, 7) is 9.94. The van der Waals surface area contributed by atoms with Gasteiger partial charge in [-0.05, 0) is 45.4 Å². The molecule has 0 bridgehead atoms. The molecular formula is C14H23N3. The molecule has 3 nitrogen and oxygen atoms in total. The Balaban J connectivity index is 1.82. The topological polar surface area (TPSA) is 28.2 Å². The number of likely N-dealkylation sites (tertiary alicyclic amines) is 1. The Morgan fingerprint density at radius 2 is 2.35 bits per heavy atom. The van der Waals surface area contributed by atoms with E-state index >= 15 is 0 Å². The lowest BCUT2D eigenvalue weighted by molar-refractivity contribution is 0.268. The fourth-order valence-electron chi connectivity index (χ4n) is 2.37. The van der Waals surface area contributed by atoms with E-state index in [1.54, 1.807) is 0 Å². The van der Waals surface area contributed by atoms with Gasteiger partial charge in [-0.3, -0.25) is 9.88 Å². The second-order valence-electron chi connectivity index (χ2n) is 5.22. The summed E-state index contributed by atoms with van der Waals surface area (Å²) in [5.41, 5.74) is 2.45. The van der Waals surface area contributed by atoms with Crippen LogP contribution in [-0.4, -0.2) is 35.1 Å². The third kappa shape index (κ3) is 3.27. The Kier molecular flexibility index (Phi) is 4.13. The largest absolute Gasteiger partial charge is 0.307 e. The van der Waals surface area contributed by atoms with Crippen LogP contribution in [0.25, 0.3) is 0 Å². The summed E-state index contributed by atoms with van der Waals surface area (Å²) < 4.78 is 0. The molecule has 0 amide bonds. The van der Waals surface area contributed by atoms with E-state index in [4.69, 9.17) is 0 Å². The van der Waals surface area contributed by atoms with Crippen LogP contribution in [0.5, 0.6) is 0 Å². The van der Waals surface area contributed by atoms with Crippen molar-refractivity contribution in [2.75, 3.05) is 13.1 Å². The number of aryl methyl sites for hydroxylation is 1. The van der Waals surface area contributed by atoms with Crippen molar-refractivity contribution in [2.24, 2.45) is 0 Å². The van der Waals surface area contributed by atoms with E-state index in [0.717, 1.165) is 6.54 Å². The highest BCUT2D eigenvalue weighted by Gasteiger charge is 2.23. The number of pyridine rings is 1. The molecule has 0 spiro atoms. The molecule has 0 aromatic carbocycles. The maximum absolute atomic E-state index is 4.42. The molecular weight excluding hydrogens is 210 g/mol. The van der Waals surface area contributed by atoms with Crippen molar-refractivity contribution < 1.29 is 0 Å². The molecule has 1 aliphatic heterocycles. The molecule has 1 atom stereocenters. The van der Waals surface area contributed by atoms with Crippen LogP contribution in [-0.2, 0) is 6.54 Å². The van der Waals surface area contributed by atoms with Crippen molar-refractivity contribution in [1.82, 2.24) is 15.2 Å². The lowest BCUT2D eigenvalue weighted by atomic mass is 10.2. The van der Waals surface area contributed by atoms with Gasteiger partial charge in [-0.15, -0.1) is 0 Å². The molecule has 2 rings (SSSR count). The summed E-state index contributed by atoms with van der Waals surface area (Å²) in [6, 6.07) is 5.41. The lowest BCUT2D eigenvalue weighted by Crippen LogP contribution is -2.35.